The first-order valence-corrected chi connectivity index (χ1v) is 21.6. The molecule has 1 N–H and O–H groups in total. The molecular weight excluding hydrogens is 771 g/mol. The zero-order valence-electron chi connectivity index (χ0n) is 35.0. The molecule has 5 nitrogen and oxygen atoms in total. The number of para-hydroxylation sites is 2. The van der Waals surface area contributed by atoms with Crippen molar-refractivity contribution in [2.24, 2.45) is 0 Å². The molecule has 0 fully saturated rings. The van der Waals surface area contributed by atoms with Crippen LogP contribution in [0.4, 0.5) is 39.8 Å². The molecule has 5 heteroatoms. The molecule has 12 rings (SSSR count). The molecule has 9 aromatic carbocycles. The van der Waals surface area contributed by atoms with Gasteiger partial charge in [-0.15, -0.1) is 0 Å². The number of benzene rings is 9. The third-order valence-electron chi connectivity index (χ3n) is 12.9. The van der Waals surface area contributed by atoms with Crippen molar-refractivity contribution in [3.63, 3.8) is 0 Å². The summed E-state index contributed by atoms with van der Waals surface area (Å²) in [6, 6.07) is 75.5. The molecule has 302 valence electrons. The van der Waals surface area contributed by atoms with Crippen LogP contribution in [0.3, 0.4) is 0 Å². The number of hydrogen-bond donors (Lipinski definition) is 1. The zero-order chi connectivity index (χ0) is 42.1. The summed E-state index contributed by atoms with van der Waals surface area (Å²) >= 11 is 0. The Labute approximate surface area is 367 Å². The van der Waals surface area contributed by atoms with Crippen LogP contribution >= 0.6 is 0 Å². The van der Waals surface area contributed by atoms with Crippen molar-refractivity contribution < 1.29 is 9.15 Å². The highest BCUT2D eigenvalue weighted by Gasteiger charge is 2.38. The number of nitrogens with one attached hydrogen (secondary N) is 1. The first kappa shape index (κ1) is 36.8. The second-order valence-electron chi connectivity index (χ2n) is 17.0. The van der Waals surface area contributed by atoms with Gasteiger partial charge in [0.15, 0.2) is 6.23 Å². The summed E-state index contributed by atoms with van der Waals surface area (Å²) in [7, 11) is 0. The summed E-state index contributed by atoms with van der Waals surface area (Å²) < 4.78 is 13.4. The highest BCUT2D eigenvalue weighted by Crippen LogP contribution is 2.57. The highest BCUT2D eigenvalue weighted by atomic mass is 16.5. The molecule has 1 aromatic heterocycles. The van der Waals surface area contributed by atoms with Gasteiger partial charge in [-0.05, 0) is 88.5 Å². The molecule has 0 spiro atoms. The molecule has 0 saturated heterocycles. The van der Waals surface area contributed by atoms with Gasteiger partial charge in [0.2, 0.25) is 0 Å². The van der Waals surface area contributed by atoms with Crippen molar-refractivity contribution >= 4 is 61.8 Å². The lowest BCUT2D eigenvalue weighted by atomic mass is 9.82. The van der Waals surface area contributed by atoms with Crippen LogP contribution < -0.4 is 19.9 Å². The minimum absolute atomic E-state index is 0.167. The van der Waals surface area contributed by atoms with Crippen LogP contribution in [0, 0.1) is 0 Å². The minimum atomic E-state index is -0.396. The van der Waals surface area contributed by atoms with Crippen molar-refractivity contribution in [3.8, 4) is 28.0 Å². The van der Waals surface area contributed by atoms with Crippen LogP contribution in [0.5, 0.6) is 5.75 Å². The van der Waals surface area contributed by atoms with E-state index < -0.39 is 6.23 Å². The van der Waals surface area contributed by atoms with Crippen molar-refractivity contribution in [2.75, 3.05) is 15.1 Å². The number of nitrogens with zero attached hydrogens (tertiary/aromatic N) is 2. The molecule has 2 heterocycles. The van der Waals surface area contributed by atoms with E-state index in [9.17, 15) is 0 Å². The van der Waals surface area contributed by atoms with Crippen LogP contribution in [-0.2, 0) is 5.41 Å². The van der Waals surface area contributed by atoms with Gasteiger partial charge in [0.25, 0.3) is 0 Å². The van der Waals surface area contributed by atoms with Crippen LogP contribution in [0.25, 0.3) is 44.2 Å². The molecule has 0 amide bonds. The molecule has 10 aromatic rings. The summed E-state index contributed by atoms with van der Waals surface area (Å²) in [6.45, 7) is 4.68. The quantitative estimate of drug-likeness (QED) is 0.165. The normalized spacial score (nSPS) is 14.4. The zero-order valence-corrected chi connectivity index (χ0v) is 35.0. The fraction of sp³-hybridized carbons (Fsp3) is 0.0690. The third-order valence-corrected chi connectivity index (χ3v) is 12.9. The Morgan fingerprint density at radius 2 is 1.10 bits per heavy atom. The Kier molecular flexibility index (Phi) is 8.51. The monoisotopic (exact) mass is 813 g/mol. The minimum Gasteiger partial charge on any atom is -0.464 e. The van der Waals surface area contributed by atoms with Gasteiger partial charge in [-0.2, -0.15) is 0 Å². The van der Waals surface area contributed by atoms with E-state index in [2.05, 4.69) is 223 Å². The second-order valence-corrected chi connectivity index (χ2v) is 17.0. The largest absolute Gasteiger partial charge is 0.464 e. The lowest BCUT2D eigenvalue weighted by Gasteiger charge is -2.32. The molecule has 2 aliphatic rings. The molecule has 1 aliphatic heterocycles. The van der Waals surface area contributed by atoms with Crippen molar-refractivity contribution in [1.82, 2.24) is 0 Å². The lowest BCUT2D eigenvalue weighted by Crippen LogP contribution is -2.16. The van der Waals surface area contributed by atoms with Crippen LogP contribution in [-0.4, -0.2) is 0 Å². The van der Waals surface area contributed by atoms with E-state index >= 15 is 0 Å². The number of fused-ring (bicyclic) bond motifs is 7. The molecule has 1 atom stereocenters. The SMILES string of the molecule is CC1(C)c2ccccc2-c2c(N(c3ccccc3)c3cc4c(c(N(c5cccc(-c6ccccc6)c5)c5ccc6oc7ccccc7c6c5)c3)NC(c3ccccc3)O4)cccc21. The van der Waals surface area contributed by atoms with Crippen LogP contribution in [0.15, 0.2) is 217 Å². The van der Waals surface area contributed by atoms with Crippen molar-refractivity contribution in [2.45, 2.75) is 25.5 Å². The van der Waals surface area contributed by atoms with Gasteiger partial charge in [0.05, 0.1) is 17.1 Å². The Bertz CT molecular complexity index is 3340. The van der Waals surface area contributed by atoms with Gasteiger partial charge in [-0.3, -0.25) is 0 Å². The fourth-order valence-corrected chi connectivity index (χ4v) is 9.86. The Hall–Kier alpha value is -8.02. The molecule has 1 unspecified atom stereocenters. The molecule has 0 saturated carbocycles. The van der Waals surface area contributed by atoms with Gasteiger partial charge in [0.1, 0.15) is 22.6 Å². The van der Waals surface area contributed by atoms with E-state index in [-0.39, 0.29) is 5.41 Å². The Morgan fingerprint density at radius 1 is 0.460 bits per heavy atom. The third kappa shape index (κ3) is 6.07. The van der Waals surface area contributed by atoms with Crippen LogP contribution in [0.2, 0.25) is 0 Å². The van der Waals surface area contributed by atoms with Crippen molar-refractivity contribution in [3.05, 3.63) is 229 Å². The lowest BCUT2D eigenvalue weighted by molar-refractivity contribution is 0.260. The first-order chi connectivity index (χ1) is 31.0. The van der Waals surface area contributed by atoms with Gasteiger partial charge in [-0.25, -0.2) is 0 Å². The average molecular weight is 814 g/mol. The van der Waals surface area contributed by atoms with E-state index in [1.807, 2.05) is 18.2 Å². The molecule has 0 bridgehead atoms. The van der Waals surface area contributed by atoms with Gasteiger partial charge >= 0.3 is 0 Å². The summed E-state index contributed by atoms with van der Waals surface area (Å²) in [5.74, 6) is 0.768. The Balaban J connectivity index is 1.14. The molecule has 0 radical (unpaired) electrons. The smallest absolute Gasteiger partial charge is 0.196 e. The Morgan fingerprint density at radius 3 is 1.94 bits per heavy atom. The van der Waals surface area contributed by atoms with Crippen LogP contribution in [0.1, 0.15) is 36.8 Å². The van der Waals surface area contributed by atoms with Gasteiger partial charge in [0, 0.05) is 50.4 Å². The van der Waals surface area contributed by atoms with Crippen molar-refractivity contribution in [1.29, 1.82) is 0 Å². The van der Waals surface area contributed by atoms with E-state index in [0.717, 1.165) is 84.2 Å². The van der Waals surface area contributed by atoms with E-state index in [1.165, 1.54) is 22.3 Å². The van der Waals surface area contributed by atoms with E-state index in [0.29, 0.717) is 0 Å². The fourth-order valence-electron chi connectivity index (χ4n) is 9.86. The second kappa shape index (κ2) is 14.6. The molecule has 1 aliphatic carbocycles. The maximum atomic E-state index is 7.03. The average Bonchev–Trinajstić information content (AvgIpc) is 4.01. The number of furan rings is 1. The predicted molar refractivity (Wildman–Crippen MR) is 260 cm³/mol. The highest BCUT2D eigenvalue weighted by molar-refractivity contribution is 6.07. The maximum absolute atomic E-state index is 7.03. The molecular formula is C58H43N3O2. The van der Waals surface area contributed by atoms with Gasteiger partial charge in [-0.1, -0.05) is 159 Å². The maximum Gasteiger partial charge on any atom is 0.196 e. The summed E-state index contributed by atoms with van der Waals surface area (Å²) in [5.41, 5.74) is 17.0. The number of ether oxygens (including phenoxy) is 1. The predicted octanol–water partition coefficient (Wildman–Crippen LogP) is 16.0. The summed E-state index contributed by atoms with van der Waals surface area (Å²) in [5, 5.41) is 5.99. The number of anilines is 7. The summed E-state index contributed by atoms with van der Waals surface area (Å²) in [6.07, 6.45) is -0.396. The van der Waals surface area contributed by atoms with E-state index in [1.54, 1.807) is 0 Å². The topological polar surface area (TPSA) is 40.9 Å². The number of hydrogen-bond acceptors (Lipinski definition) is 5. The molecule has 63 heavy (non-hydrogen) atoms. The number of rotatable bonds is 8. The van der Waals surface area contributed by atoms with Gasteiger partial charge < -0.3 is 24.3 Å². The first-order valence-electron chi connectivity index (χ1n) is 21.6. The standard InChI is InChI=1S/C58H43N3O2/c1-58(2)48-28-14-12-27-46(48)55-49(58)29-17-30-50(55)60(41-23-10-5-11-24-41)44-36-51(56-54(37-44)63-57(59-56)39-20-8-4-9-21-39)61(42-25-16-22-40(34-42)38-18-6-3-7-19-38)43-32-33-53-47(35-43)45-26-13-15-31-52(45)62-53/h3-37,57,59H,1-2H3. The van der Waals surface area contributed by atoms with E-state index in [4.69, 9.17) is 9.15 Å². The summed E-state index contributed by atoms with van der Waals surface area (Å²) in [4.78, 5) is 4.78.